The Hall–Kier alpha value is -0.950. The average Bonchev–Trinajstić information content (AvgIpc) is 2.84. The predicted molar refractivity (Wildman–Crippen MR) is 67.6 cm³/mol. The highest BCUT2D eigenvalue weighted by atomic mass is 79.9. The minimum absolute atomic E-state index is 0.371. The molecule has 7 heteroatoms. The molecule has 0 aliphatic heterocycles. The molecule has 0 aliphatic carbocycles. The average molecular weight is 322 g/mol. The smallest absolute Gasteiger partial charge is 0.257 e. The van der Waals surface area contributed by atoms with E-state index in [4.69, 9.17) is 0 Å². The number of anilines is 1. The molecular weight excluding hydrogens is 312 g/mol. The van der Waals surface area contributed by atoms with E-state index in [0.717, 1.165) is 15.0 Å². The van der Waals surface area contributed by atoms with Crippen LogP contribution in [0.5, 0.6) is 0 Å². The van der Waals surface area contributed by atoms with Gasteiger partial charge in [-0.1, -0.05) is 0 Å². The van der Waals surface area contributed by atoms with Gasteiger partial charge in [0.15, 0.2) is 0 Å². The minimum Gasteiger partial charge on any atom is -0.378 e. The SMILES string of the molecule is FC(F)Cn1cc(NCc2sccc2Br)cn1. The summed E-state index contributed by atoms with van der Waals surface area (Å²) in [6, 6.07) is 1.97. The fourth-order valence-corrected chi connectivity index (χ4v) is 2.76. The number of rotatable bonds is 5. The maximum absolute atomic E-state index is 12.1. The number of nitrogens with zero attached hydrogens (tertiary/aromatic N) is 2. The van der Waals surface area contributed by atoms with Gasteiger partial charge >= 0.3 is 0 Å². The van der Waals surface area contributed by atoms with Gasteiger partial charge in [-0.15, -0.1) is 11.3 Å². The van der Waals surface area contributed by atoms with Crippen molar-refractivity contribution in [3.8, 4) is 0 Å². The topological polar surface area (TPSA) is 29.9 Å². The van der Waals surface area contributed by atoms with Gasteiger partial charge in [-0.3, -0.25) is 4.68 Å². The zero-order chi connectivity index (χ0) is 12.3. The van der Waals surface area contributed by atoms with Crippen molar-refractivity contribution in [3.63, 3.8) is 0 Å². The zero-order valence-electron chi connectivity index (χ0n) is 8.74. The molecule has 2 heterocycles. The molecule has 2 rings (SSSR count). The lowest BCUT2D eigenvalue weighted by molar-refractivity contribution is 0.122. The summed E-state index contributed by atoms with van der Waals surface area (Å²) in [6.07, 6.45) is 0.742. The molecule has 2 aromatic rings. The van der Waals surface area contributed by atoms with Gasteiger partial charge in [0.25, 0.3) is 6.43 Å². The van der Waals surface area contributed by atoms with Crippen molar-refractivity contribution in [2.75, 3.05) is 5.32 Å². The maximum atomic E-state index is 12.1. The molecule has 1 N–H and O–H groups in total. The molecule has 0 aromatic carbocycles. The molecule has 0 fully saturated rings. The van der Waals surface area contributed by atoms with Gasteiger partial charge in [-0.2, -0.15) is 5.10 Å². The summed E-state index contributed by atoms with van der Waals surface area (Å²) in [4.78, 5) is 1.16. The number of thiophene rings is 1. The van der Waals surface area contributed by atoms with Gasteiger partial charge < -0.3 is 5.32 Å². The largest absolute Gasteiger partial charge is 0.378 e. The van der Waals surface area contributed by atoms with Crippen LogP contribution >= 0.6 is 27.3 Å². The number of hydrogen-bond donors (Lipinski definition) is 1. The van der Waals surface area contributed by atoms with Crippen LogP contribution in [0.15, 0.2) is 28.3 Å². The molecular formula is C10H10BrF2N3S. The first kappa shape index (κ1) is 12.5. The third-order valence-electron chi connectivity index (χ3n) is 2.10. The lowest BCUT2D eigenvalue weighted by Gasteiger charge is -2.01. The third kappa shape index (κ3) is 3.50. The Morgan fingerprint density at radius 2 is 2.35 bits per heavy atom. The van der Waals surface area contributed by atoms with Crippen LogP contribution in [0.25, 0.3) is 0 Å². The lowest BCUT2D eigenvalue weighted by Crippen LogP contribution is -2.06. The molecule has 0 aliphatic rings. The molecule has 0 spiro atoms. The highest BCUT2D eigenvalue weighted by Crippen LogP contribution is 2.23. The predicted octanol–water partition coefficient (Wildman–Crippen LogP) is 3.58. The van der Waals surface area contributed by atoms with E-state index in [1.807, 2.05) is 11.4 Å². The quantitative estimate of drug-likeness (QED) is 0.912. The van der Waals surface area contributed by atoms with Gasteiger partial charge in [0.2, 0.25) is 0 Å². The normalized spacial score (nSPS) is 11.1. The molecule has 2 aromatic heterocycles. The molecule has 0 bridgehead atoms. The van der Waals surface area contributed by atoms with Crippen LogP contribution in [-0.4, -0.2) is 16.2 Å². The van der Waals surface area contributed by atoms with Gasteiger partial charge in [0.05, 0.1) is 18.4 Å². The van der Waals surface area contributed by atoms with Crippen molar-refractivity contribution in [2.45, 2.75) is 19.5 Å². The van der Waals surface area contributed by atoms with Crippen LogP contribution < -0.4 is 5.32 Å². The minimum atomic E-state index is -2.38. The van der Waals surface area contributed by atoms with Gasteiger partial charge in [-0.25, -0.2) is 8.78 Å². The van der Waals surface area contributed by atoms with Crippen LogP contribution in [0.2, 0.25) is 0 Å². The van der Waals surface area contributed by atoms with E-state index in [1.54, 1.807) is 23.7 Å². The summed E-state index contributed by atoms with van der Waals surface area (Å²) in [5.41, 5.74) is 0.742. The van der Waals surface area contributed by atoms with Crippen LogP contribution in [0.1, 0.15) is 4.88 Å². The van der Waals surface area contributed by atoms with E-state index < -0.39 is 6.43 Å². The first-order valence-corrected chi connectivity index (χ1v) is 6.59. The molecule has 0 saturated carbocycles. The molecule has 0 atom stereocenters. The number of aromatic nitrogens is 2. The highest BCUT2D eigenvalue weighted by Gasteiger charge is 2.06. The summed E-state index contributed by atoms with van der Waals surface area (Å²) >= 11 is 5.06. The Kier molecular flexibility index (Phi) is 4.11. The van der Waals surface area contributed by atoms with Crippen molar-refractivity contribution in [1.29, 1.82) is 0 Å². The molecule has 0 radical (unpaired) electrons. The van der Waals surface area contributed by atoms with E-state index in [0.29, 0.717) is 6.54 Å². The van der Waals surface area contributed by atoms with Crippen molar-refractivity contribution in [3.05, 3.63) is 33.2 Å². The first-order chi connectivity index (χ1) is 8.15. The summed E-state index contributed by atoms with van der Waals surface area (Å²) < 4.78 is 26.5. The molecule has 3 nitrogen and oxygen atoms in total. The van der Waals surface area contributed by atoms with Crippen molar-refractivity contribution < 1.29 is 8.78 Å². The number of nitrogens with one attached hydrogen (secondary N) is 1. The molecule has 0 unspecified atom stereocenters. The monoisotopic (exact) mass is 321 g/mol. The van der Waals surface area contributed by atoms with Gasteiger partial charge in [0.1, 0.15) is 6.54 Å². The van der Waals surface area contributed by atoms with Gasteiger partial charge in [0, 0.05) is 15.5 Å². The van der Waals surface area contributed by atoms with E-state index in [-0.39, 0.29) is 6.54 Å². The molecule has 92 valence electrons. The fraction of sp³-hybridized carbons (Fsp3) is 0.300. The maximum Gasteiger partial charge on any atom is 0.257 e. The van der Waals surface area contributed by atoms with E-state index in [2.05, 4.69) is 26.3 Å². The van der Waals surface area contributed by atoms with E-state index in [1.165, 1.54) is 4.68 Å². The Balaban J connectivity index is 1.91. The second-order valence-corrected chi connectivity index (χ2v) is 5.24. The summed E-state index contributed by atoms with van der Waals surface area (Å²) in [7, 11) is 0. The van der Waals surface area contributed by atoms with Crippen molar-refractivity contribution in [2.24, 2.45) is 0 Å². The molecule has 0 amide bonds. The molecule has 0 saturated heterocycles. The van der Waals surface area contributed by atoms with Crippen molar-refractivity contribution >= 4 is 33.0 Å². The fourth-order valence-electron chi connectivity index (χ4n) is 1.33. The first-order valence-electron chi connectivity index (χ1n) is 4.91. The lowest BCUT2D eigenvalue weighted by atomic mass is 10.4. The number of alkyl halides is 2. The Bertz CT molecular complexity index is 483. The summed E-state index contributed by atoms with van der Waals surface area (Å²) in [5, 5.41) is 8.97. The molecule has 17 heavy (non-hydrogen) atoms. The number of halogens is 3. The van der Waals surface area contributed by atoms with Crippen LogP contribution in [0, 0.1) is 0 Å². The van der Waals surface area contributed by atoms with Crippen molar-refractivity contribution in [1.82, 2.24) is 9.78 Å². The van der Waals surface area contributed by atoms with Crippen LogP contribution in [-0.2, 0) is 13.1 Å². The second-order valence-electron chi connectivity index (χ2n) is 3.39. The summed E-state index contributed by atoms with van der Waals surface area (Å²) in [5.74, 6) is 0. The van der Waals surface area contributed by atoms with E-state index >= 15 is 0 Å². The van der Waals surface area contributed by atoms with Crippen LogP contribution in [0.3, 0.4) is 0 Å². The van der Waals surface area contributed by atoms with Gasteiger partial charge in [-0.05, 0) is 27.4 Å². The van der Waals surface area contributed by atoms with Crippen LogP contribution in [0.4, 0.5) is 14.5 Å². The second kappa shape index (κ2) is 5.59. The Morgan fingerprint density at radius 3 is 3.00 bits per heavy atom. The Labute approximate surface area is 110 Å². The highest BCUT2D eigenvalue weighted by molar-refractivity contribution is 9.10. The number of hydrogen-bond acceptors (Lipinski definition) is 3. The van der Waals surface area contributed by atoms with E-state index in [9.17, 15) is 8.78 Å². The summed E-state index contributed by atoms with van der Waals surface area (Å²) in [6.45, 7) is 0.281. The third-order valence-corrected chi connectivity index (χ3v) is 4.03. The standard InChI is InChI=1S/C10H10BrF2N3S/c11-8-1-2-17-9(8)4-14-7-3-15-16(5-7)6-10(12)13/h1-3,5,10,14H,4,6H2. The zero-order valence-corrected chi connectivity index (χ0v) is 11.1. The Morgan fingerprint density at radius 1 is 1.53 bits per heavy atom.